The van der Waals surface area contributed by atoms with Crippen LogP contribution in [0.25, 0.3) is 0 Å². The third kappa shape index (κ3) is 6.99. The monoisotopic (exact) mass is 339 g/mol. The van der Waals surface area contributed by atoms with Gasteiger partial charge in [-0.05, 0) is 51.7 Å². The van der Waals surface area contributed by atoms with Crippen molar-refractivity contribution in [1.82, 2.24) is 14.7 Å². The first-order valence-electron chi connectivity index (χ1n) is 10.6. The van der Waals surface area contributed by atoms with Crippen molar-refractivity contribution in [2.45, 2.75) is 71.5 Å². The molecule has 2 fully saturated rings. The second kappa shape index (κ2) is 11.5. The van der Waals surface area contributed by atoms with Crippen LogP contribution in [-0.2, 0) is 4.74 Å². The lowest BCUT2D eigenvalue weighted by Crippen LogP contribution is -2.54. The van der Waals surface area contributed by atoms with Crippen molar-refractivity contribution >= 4 is 0 Å². The third-order valence-corrected chi connectivity index (χ3v) is 5.48. The lowest BCUT2D eigenvalue weighted by molar-refractivity contribution is -0.107. The third-order valence-electron chi connectivity index (χ3n) is 5.48. The van der Waals surface area contributed by atoms with Gasteiger partial charge in [-0.2, -0.15) is 0 Å². The first kappa shape index (κ1) is 20.2. The lowest BCUT2D eigenvalue weighted by Gasteiger charge is -2.42. The minimum atomic E-state index is 0.516. The SMILES string of the molecule is CCCCN1CC(OC2CCN(CCN(CCC)CCC)CC2)C1. The van der Waals surface area contributed by atoms with Crippen LogP contribution in [0.5, 0.6) is 0 Å². The fourth-order valence-electron chi connectivity index (χ4n) is 3.96. The molecule has 0 spiro atoms. The van der Waals surface area contributed by atoms with E-state index in [1.165, 1.54) is 97.4 Å². The summed E-state index contributed by atoms with van der Waals surface area (Å²) in [5, 5.41) is 0. The van der Waals surface area contributed by atoms with E-state index >= 15 is 0 Å². The van der Waals surface area contributed by atoms with E-state index in [4.69, 9.17) is 4.74 Å². The largest absolute Gasteiger partial charge is 0.372 e. The van der Waals surface area contributed by atoms with Gasteiger partial charge in [-0.1, -0.05) is 27.2 Å². The Morgan fingerprint density at radius 2 is 1.46 bits per heavy atom. The van der Waals surface area contributed by atoms with Crippen molar-refractivity contribution in [3.05, 3.63) is 0 Å². The molecule has 142 valence electrons. The van der Waals surface area contributed by atoms with E-state index in [9.17, 15) is 0 Å². The number of rotatable bonds is 12. The second-order valence-electron chi connectivity index (χ2n) is 7.75. The molecule has 0 amide bonds. The summed E-state index contributed by atoms with van der Waals surface area (Å²) in [6.07, 6.45) is 8.66. The molecule has 2 heterocycles. The fraction of sp³-hybridized carbons (Fsp3) is 1.00. The van der Waals surface area contributed by atoms with Crippen LogP contribution in [0.1, 0.15) is 59.3 Å². The maximum Gasteiger partial charge on any atom is 0.0832 e. The molecule has 0 bridgehead atoms. The van der Waals surface area contributed by atoms with Crippen LogP contribution in [0, 0.1) is 0 Å². The van der Waals surface area contributed by atoms with Crippen molar-refractivity contribution in [3.8, 4) is 0 Å². The molecule has 0 aliphatic carbocycles. The van der Waals surface area contributed by atoms with Gasteiger partial charge in [-0.25, -0.2) is 0 Å². The first-order chi connectivity index (χ1) is 11.7. The van der Waals surface area contributed by atoms with Gasteiger partial charge in [-0.3, -0.25) is 4.90 Å². The van der Waals surface area contributed by atoms with E-state index in [-0.39, 0.29) is 0 Å². The first-order valence-corrected chi connectivity index (χ1v) is 10.6. The maximum absolute atomic E-state index is 6.31. The lowest BCUT2D eigenvalue weighted by atomic mass is 10.1. The molecule has 0 atom stereocenters. The molecular weight excluding hydrogens is 298 g/mol. The summed E-state index contributed by atoms with van der Waals surface area (Å²) in [7, 11) is 0. The Balaban J connectivity index is 1.54. The van der Waals surface area contributed by atoms with Gasteiger partial charge in [0.15, 0.2) is 0 Å². The van der Waals surface area contributed by atoms with Gasteiger partial charge in [0.25, 0.3) is 0 Å². The Morgan fingerprint density at radius 3 is 2.04 bits per heavy atom. The predicted octanol–water partition coefficient (Wildman–Crippen LogP) is 3.07. The topological polar surface area (TPSA) is 19.0 Å². The van der Waals surface area contributed by atoms with Crippen LogP contribution in [-0.4, -0.2) is 85.8 Å². The van der Waals surface area contributed by atoms with Gasteiger partial charge in [-0.15, -0.1) is 0 Å². The predicted molar refractivity (Wildman–Crippen MR) is 103 cm³/mol. The minimum Gasteiger partial charge on any atom is -0.372 e. The van der Waals surface area contributed by atoms with Gasteiger partial charge in [0.05, 0.1) is 12.2 Å². The standard InChI is InChI=1S/C20H41N3O/c1-4-7-12-23-17-20(18-23)24-19-8-13-22(14-9-19)16-15-21(10-5-2)11-6-3/h19-20H,4-18H2,1-3H3. The zero-order chi connectivity index (χ0) is 17.2. The summed E-state index contributed by atoms with van der Waals surface area (Å²) in [6.45, 7) is 17.9. The maximum atomic E-state index is 6.31. The van der Waals surface area contributed by atoms with Crippen LogP contribution in [0.15, 0.2) is 0 Å². The van der Waals surface area contributed by atoms with Crippen molar-refractivity contribution in [1.29, 1.82) is 0 Å². The molecule has 2 aliphatic rings. The number of piperidine rings is 1. The highest BCUT2D eigenvalue weighted by atomic mass is 16.5. The Kier molecular flexibility index (Phi) is 9.62. The molecule has 0 N–H and O–H groups in total. The molecule has 4 nitrogen and oxygen atoms in total. The Labute approximate surface area is 150 Å². The summed E-state index contributed by atoms with van der Waals surface area (Å²) >= 11 is 0. The summed E-state index contributed by atoms with van der Waals surface area (Å²) in [5.74, 6) is 0. The second-order valence-corrected chi connectivity index (χ2v) is 7.75. The summed E-state index contributed by atoms with van der Waals surface area (Å²) in [5.41, 5.74) is 0. The minimum absolute atomic E-state index is 0.516. The quantitative estimate of drug-likeness (QED) is 0.544. The number of nitrogens with zero attached hydrogens (tertiary/aromatic N) is 3. The van der Waals surface area contributed by atoms with Crippen molar-refractivity contribution in [3.63, 3.8) is 0 Å². The zero-order valence-corrected chi connectivity index (χ0v) is 16.5. The summed E-state index contributed by atoms with van der Waals surface area (Å²) in [4.78, 5) is 7.81. The Morgan fingerprint density at radius 1 is 0.792 bits per heavy atom. The molecule has 0 unspecified atom stereocenters. The number of unbranched alkanes of at least 4 members (excludes halogenated alkanes) is 1. The molecule has 0 aromatic carbocycles. The van der Waals surface area contributed by atoms with Gasteiger partial charge in [0.2, 0.25) is 0 Å². The van der Waals surface area contributed by atoms with E-state index in [1.54, 1.807) is 0 Å². The van der Waals surface area contributed by atoms with Crippen molar-refractivity contribution < 1.29 is 4.74 Å². The smallest absolute Gasteiger partial charge is 0.0832 e. The number of hydrogen-bond donors (Lipinski definition) is 0. The molecule has 24 heavy (non-hydrogen) atoms. The highest BCUT2D eigenvalue weighted by Crippen LogP contribution is 2.20. The van der Waals surface area contributed by atoms with Crippen LogP contribution in [0.3, 0.4) is 0 Å². The highest BCUT2D eigenvalue weighted by Gasteiger charge is 2.30. The molecule has 0 saturated carbocycles. The summed E-state index contributed by atoms with van der Waals surface area (Å²) in [6, 6.07) is 0. The Bertz CT molecular complexity index is 306. The molecule has 0 aromatic heterocycles. The molecule has 0 radical (unpaired) electrons. The average Bonchev–Trinajstić information content (AvgIpc) is 2.56. The number of ether oxygens (including phenoxy) is 1. The van der Waals surface area contributed by atoms with E-state index in [2.05, 4.69) is 35.5 Å². The molecular formula is C20H41N3O. The molecule has 2 aliphatic heterocycles. The fourth-order valence-corrected chi connectivity index (χ4v) is 3.96. The van der Waals surface area contributed by atoms with Crippen molar-refractivity contribution in [2.24, 2.45) is 0 Å². The molecule has 4 heteroatoms. The molecule has 2 saturated heterocycles. The average molecular weight is 340 g/mol. The van der Waals surface area contributed by atoms with Gasteiger partial charge in [0.1, 0.15) is 0 Å². The zero-order valence-electron chi connectivity index (χ0n) is 16.5. The van der Waals surface area contributed by atoms with Crippen LogP contribution >= 0.6 is 0 Å². The highest BCUT2D eigenvalue weighted by molar-refractivity contribution is 4.83. The van der Waals surface area contributed by atoms with Crippen LogP contribution in [0.2, 0.25) is 0 Å². The number of hydrogen-bond acceptors (Lipinski definition) is 4. The van der Waals surface area contributed by atoms with Crippen molar-refractivity contribution in [2.75, 3.05) is 58.9 Å². The van der Waals surface area contributed by atoms with Crippen LogP contribution < -0.4 is 0 Å². The van der Waals surface area contributed by atoms with E-state index < -0.39 is 0 Å². The van der Waals surface area contributed by atoms with Gasteiger partial charge >= 0.3 is 0 Å². The van der Waals surface area contributed by atoms with Gasteiger partial charge < -0.3 is 14.5 Å². The molecule has 0 aromatic rings. The van der Waals surface area contributed by atoms with E-state index in [0.717, 1.165) is 0 Å². The molecule has 2 rings (SSSR count). The van der Waals surface area contributed by atoms with Gasteiger partial charge in [0, 0.05) is 39.3 Å². The van der Waals surface area contributed by atoms with Crippen LogP contribution in [0.4, 0.5) is 0 Å². The normalized spacial score (nSPS) is 21.5. The summed E-state index contributed by atoms with van der Waals surface area (Å²) < 4.78 is 6.31. The number of likely N-dealkylation sites (tertiary alicyclic amines) is 2. The Hall–Kier alpha value is -0.160. The van der Waals surface area contributed by atoms with E-state index in [1.807, 2.05) is 0 Å². The van der Waals surface area contributed by atoms with E-state index in [0.29, 0.717) is 12.2 Å².